The minimum atomic E-state index is 0.790. The van der Waals surface area contributed by atoms with Gasteiger partial charge in [-0.1, -0.05) is 35.0 Å². The SMILES string of the molecule is Cc1noc(C)c1-c1nccn1CCc1ccccc1Cl. The molecule has 0 aliphatic heterocycles. The van der Waals surface area contributed by atoms with Gasteiger partial charge in [0.1, 0.15) is 11.6 Å². The molecule has 3 rings (SSSR count). The molecule has 0 saturated carbocycles. The molecular formula is C16H16ClN3O. The maximum Gasteiger partial charge on any atom is 0.145 e. The first kappa shape index (κ1) is 13.9. The van der Waals surface area contributed by atoms with Crippen LogP contribution in [0.1, 0.15) is 17.0 Å². The highest BCUT2D eigenvalue weighted by molar-refractivity contribution is 6.31. The van der Waals surface area contributed by atoms with E-state index in [-0.39, 0.29) is 0 Å². The molecule has 0 unspecified atom stereocenters. The smallest absolute Gasteiger partial charge is 0.145 e. The van der Waals surface area contributed by atoms with Crippen molar-refractivity contribution in [2.75, 3.05) is 0 Å². The molecule has 2 heterocycles. The summed E-state index contributed by atoms with van der Waals surface area (Å²) in [5.41, 5.74) is 2.97. The lowest BCUT2D eigenvalue weighted by Gasteiger charge is -2.08. The Morgan fingerprint density at radius 1 is 1.24 bits per heavy atom. The topological polar surface area (TPSA) is 43.9 Å². The van der Waals surface area contributed by atoms with Crippen LogP contribution < -0.4 is 0 Å². The van der Waals surface area contributed by atoms with Gasteiger partial charge in [0, 0.05) is 24.0 Å². The lowest BCUT2D eigenvalue weighted by molar-refractivity contribution is 0.393. The normalized spacial score (nSPS) is 11.0. The fraction of sp³-hybridized carbons (Fsp3) is 0.250. The minimum absolute atomic E-state index is 0.790. The Labute approximate surface area is 128 Å². The fourth-order valence-electron chi connectivity index (χ4n) is 2.46. The molecule has 0 bridgehead atoms. The number of halogens is 1. The van der Waals surface area contributed by atoms with E-state index in [0.717, 1.165) is 46.4 Å². The van der Waals surface area contributed by atoms with Gasteiger partial charge in [-0.15, -0.1) is 0 Å². The summed E-state index contributed by atoms with van der Waals surface area (Å²) in [4.78, 5) is 4.45. The average Bonchev–Trinajstić information content (AvgIpc) is 3.05. The Hall–Kier alpha value is -2.07. The molecule has 3 aromatic rings. The van der Waals surface area contributed by atoms with Crippen LogP contribution in [-0.2, 0) is 13.0 Å². The molecule has 0 fully saturated rings. The molecule has 0 saturated heterocycles. The van der Waals surface area contributed by atoms with Crippen LogP contribution in [0.25, 0.3) is 11.4 Å². The highest BCUT2D eigenvalue weighted by Gasteiger charge is 2.16. The molecule has 1 aromatic carbocycles. The third kappa shape index (κ3) is 2.72. The monoisotopic (exact) mass is 301 g/mol. The second kappa shape index (κ2) is 5.74. The Morgan fingerprint density at radius 2 is 2.05 bits per heavy atom. The number of aryl methyl sites for hydroxylation is 4. The van der Waals surface area contributed by atoms with E-state index >= 15 is 0 Å². The highest BCUT2D eigenvalue weighted by atomic mass is 35.5. The zero-order chi connectivity index (χ0) is 14.8. The van der Waals surface area contributed by atoms with Gasteiger partial charge in [-0.2, -0.15) is 0 Å². The van der Waals surface area contributed by atoms with Gasteiger partial charge in [0.2, 0.25) is 0 Å². The largest absolute Gasteiger partial charge is 0.361 e. The summed E-state index contributed by atoms with van der Waals surface area (Å²) in [5, 5.41) is 4.80. The number of hydrogen-bond acceptors (Lipinski definition) is 3. The number of hydrogen-bond donors (Lipinski definition) is 0. The van der Waals surface area contributed by atoms with Crippen LogP contribution >= 0.6 is 11.6 Å². The zero-order valence-corrected chi connectivity index (χ0v) is 12.8. The van der Waals surface area contributed by atoms with Crippen molar-refractivity contribution in [1.82, 2.24) is 14.7 Å². The van der Waals surface area contributed by atoms with Gasteiger partial charge in [-0.05, 0) is 31.9 Å². The van der Waals surface area contributed by atoms with E-state index < -0.39 is 0 Å². The summed E-state index contributed by atoms with van der Waals surface area (Å²) < 4.78 is 7.34. The van der Waals surface area contributed by atoms with E-state index in [1.165, 1.54) is 0 Å². The van der Waals surface area contributed by atoms with Gasteiger partial charge in [0.05, 0.1) is 11.3 Å². The molecule has 108 valence electrons. The van der Waals surface area contributed by atoms with Gasteiger partial charge in [-0.25, -0.2) is 4.98 Å². The molecule has 0 amide bonds. The summed E-state index contributed by atoms with van der Waals surface area (Å²) >= 11 is 6.20. The zero-order valence-electron chi connectivity index (χ0n) is 12.0. The summed E-state index contributed by atoms with van der Waals surface area (Å²) in [6.45, 7) is 4.64. The summed E-state index contributed by atoms with van der Waals surface area (Å²) in [5.74, 6) is 1.68. The first-order chi connectivity index (χ1) is 10.2. The lowest BCUT2D eigenvalue weighted by Crippen LogP contribution is -2.03. The Kier molecular flexibility index (Phi) is 3.80. The van der Waals surface area contributed by atoms with Crippen molar-refractivity contribution < 1.29 is 4.52 Å². The van der Waals surface area contributed by atoms with Crippen LogP contribution in [0.4, 0.5) is 0 Å². The molecule has 21 heavy (non-hydrogen) atoms. The Bertz CT molecular complexity index is 741. The number of rotatable bonds is 4. The van der Waals surface area contributed by atoms with E-state index in [4.69, 9.17) is 16.1 Å². The standard InChI is InChI=1S/C16H16ClN3O/c1-11-15(12(2)21-19-11)16-18-8-10-20(16)9-7-13-5-3-4-6-14(13)17/h3-6,8,10H,7,9H2,1-2H3. The molecule has 0 N–H and O–H groups in total. The maximum absolute atomic E-state index is 6.20. The number of aromatic nitrogens is 3. The van der Waals surface area contributed by atoms with Crippen molar-refractivity contribution in [3.8, 4) is 11.4 Å². The van der Waals surface area contributed by atoms with Crippen molar-refractivity contribution in [2.45, 2.75) is 26.8 Å². The second-order valence-corrected chi connectivity index (χ2v) is 5.39. The molecule has 0 radical (unpaired) electrons. The Balaban J connectivity index is 1.86. The maximum atomic E-state index is 6.20. The predicted molar refractivity (Wildman–Crippen MR) is 82.4 cm³/mol. The van der Waals surface area contributed by atoms with Crippen LogP contribution in [0.15, 0.2) is 41.2 Å². The molecule has 4 nitrogen and oxygen atoms in total. The molecule has 0 atom stereocenters. The van der Waals surface area contributed by atoms with Crippen LogP contribution in [0, 0.1) is 13.8 Å². The average molecular weight is 302 g/mol. The molecule has 5 heteroatoms. The molecule has 0 spiro atoms. The van der Waals surface area contributed by atoms with Gasteiger partial charge in [0.15, 0.2) is 0 Å². The fourth-order valence-corrected chi connectivity index (χ4v) is 2.69. The summed E-state index contributed by atoms with van der Waals surface area (Å²) in [6, 6.07) is 7.91. The van der Waals surface area contributed by atoms with Crippen molar-refractivity contribution in [3.05, 3.63) is 58.7 Å². The third-order valence-corrected chi connectivity index (χ3v) is 3.92. The lowest BCUT2D eigenvalue weighted by atomic mass is 10.1. The van der Waals surface area contributed by atoms with Crippen LogP contribution in [0.5, 0.6) is 0 Å². The summed E-state index contributed by atoms with van der Waals surface area (Å²) in [7, 11) is 0. The quantitative estimate of drug-likeness (QED) is 0.730. The number of nitrogens with zero attached hydrogens (tertiary/aromatic N) is 3. The molecule has 0 aliphatic rings. The van der Waals surface area contributed by atoms with Gasteiger partial charge in [-0.3, -0.25) is 0 Å². The van der Waals surface area contributed by atoms with Crippen molar-refractivity contribution in [1.29, 1.82) is 0 Å². The van der Waals surface area contributed by atoms with E-state index in [1.54, 1.807) is 6.20 Å². The highest BCUT2D eigenvalue weighted by Crippen LogP contribution is 2.26. The molecule has 0 aliphatic carbocycles. The first-order valence-corrected chi connectivity index (χ1v) is 7.22. The van der Waals surface area contributed by atoms with Crippen molar-refractivity contribution in [3.63, 3.8) is 0 Å². The minimum Gasteiger partial charge on any atom is -0.361 e. The van der Waals surface area contributed by atoms with Gasteiger partial charge < -0.3 is 9.09 Å². The van der Waals surface area contributed by atoms with Crippen molar-refractivity contribution in [2.24, 2.45) is 0 Å². The van der Waals surface area contributed by atoms with Gasteiger partial charge in [0.25, 0.3) is 0 Å². The van der Waals surface area contributed by atoms with E-state index in [1.807, 2.05) is 38.2 Å². The summed E-state index contributed by atoms with van der Waals surface area (Å²) in [6.07, 6.45) is 4.62. The number of imidazole rings is 1. The molecular weight excluding hydrogens is 286 g/mol. The molecule has 2 aromatic heterocycles. The third-order valence-electron chi connectivity index (χ3n) is 3.55. The second-order valence-electron chi connectivity index (χ2n) is 4.98. The van der Waals surface area contributed by atoms with Crippen LogP contribution in [-0.4, -0.2) is 14.7 Å². The van der Waals surface area contributed by atoms with Crippen LogP contribution in [0.2, 0.25) is 5.02 Å². The van der Waals surface area contributed by atoms with Gasteiger partial charge >= 0.3 is 0 Å². The van der Waals surface area contributed by atoms with E-state index in [9.17, 15) is 0 Å². The van der Waals surface area contributed by atoms with Crippen LogP contribution in [0.3, 0.4) is 0 Å². The van der Waals surface area contributed by atoms with E-state index in [0.29, 0.717) is 0 Å². The predicted octanol–water partition coefficient (Wildman–Crippen LogP) is 4.05. The first-order valence-electron chi connectivity index (χ1n) is 6.84. The number of benzene rings is 1. The Morgan fingerprint density at radius 3 is 2.76 bits per heavy atom. The van der Waals surface area contributed by atoms with E-state index in [2.05, 4.69) is 20.8 Å². The van der Waals surface area contributed by atoms with Crippen molar-refractivity contribution >= 4 is 11.6 Å².